The summed E-state index contributed by atoms with van der Waals surface area (Å²) < 4.78 is 10.5. The number of nitrogens with zero attached hydrogens (tertiary/aromatic N) is 2. The minimum absolute atomic E-state index is 0.0358. The lowest BCUT2D eigenvalue weighted by atomic mass is 10.0. The highest BCUT2D eigenvalue weighted by molar-refractivity contribution is 5.99. The average Bonchev–Trinajstić information content (AvgIpc) is 2.73. The van der Waals surface area contributed by atoms with Crippen LogP contribution in [0.15, 0.2) is 36.4 Å². The number of piperazine rings is 1. The third-order valence-electron chi connectivity index (χ3n) is 5.34. The number of carbonyl (C=O) groups excluding carboxylic acids is 2. The summed E-state index contributed by atoms with van der Waals surface area (Å²) in [6, 6.07) is 11.1. The van der Waals surface area contributed by atoms with E-state index in [4.69, 9.17) is 9.47 Å². The van der Waals surface area contributed by atoms with Crippen LogP contribution in [0.1, 0.15) is 31.8 Å². The first-order valence-electron chi connectivity index (χ1n) is 9.77. The maximum absolute atomic E-state index is 12.8. The van der Waals surface area contributed by atoms with Crippen molar-refractivity contribution in [3.63, 3.8) is 0 Å². The fourth-order valence-corrected chi connectivity index (χ4v) is 3.68. The number of benzene rings is 2. The van der Waals surface area contributed by atoms with E-state index in [0.29, 0.717) is 49.8 Å². The number of Topliss-reactive ketones (excluding diaryl/α,β-unsaturated/α-hetero) is 1. The first kappa shape index (κ1) is 20.9. The van der Waals surface area contributed by atoms with Crippen LogP contribution in [0.4, 0.5) is 0 Å². The third kappa shape index (κ3) is 4.77. The van der Waals surface area contributed by atoms with E-state index in [2.05, 4.69) is 4.90 Å². The fourth-order valence-electron chi connectivity index (χ4n) is 3.68. The molecular formula is C23H28N2O4. The number of hydrogen-bond donors (Lipinski definition) is 0. The van der Waals surface area contributed by atoms with Crippen molar-refractivity contribution < 1.29 is 19.1 Å². The largest absolute Gasteiger partial charge is 0.493 e. The molecule has 1 fully saturated rings. The lowest BCUT2D eigenvalue weighted by Crippen LogP contribution is -2.49. The van der Waals surface area contributed by atoms with Crippen LogP contribution in [-0.2, 0) is 0 Å². The minimum atomic E-state index is -0.0358. The summed E-state index contributed by atoms with van der Waals surface area (Å²) in [6.07, 6.45) is 0. The Morgan fingerprint density at radius 1 is 0.897 bits per heavy atom. The highest BCUT2D eigenvalue weighted by Gasteiger charge is 2.24. The van der Waals surface area contributed by atoms with Gasteiger partial charge < -0.3 is 14.4 Å². The van der Waals surface area contributed by atoms with E-state index in [1.165, 1.54) is 0 Å². The van der Waals surface area contributed by atoms with Crippen molar-refractivity contribution in [3.8, 4) is 11.5 Å². The van der Waals surface area contributed by atoms with Crippen LogP contribution in [-0.4, -0.2) is 68.4 Å². The molecule has 0 unspecified atom stereocenters. The molecule has 1 aliphatic rings. The molecule has 1 amide bonds. The van der Waals surface area contributed by atoms with Crippen LogP contribution in [0.25, 0.3) is 0 Å². The summed E-state index contributed by atoms with van der Waals surface area (Å²) in [5.74, 6) is 1.23. The second-order valence-electron chi connectivity index (χ2n) is 7.38. The van der Waals surface area contributed by atoms with Gasteiger partial charge in [-0.05, 0) is 37.6 Å². The van der Waals surface area contributed by atoms with Crippen LogP contribution in [0, 0.1) is 13.8 Å². The molecule has 0 atom stereocenters. The van der Waals surface area contributed by atoms with Crippen molar-refractivity contribution in [2.45, 2.75) is 13.8 Å². The van der Waals surface area contributed by atoms with Crippen molar-refractivity contribution in [1.82, 2.24) is 9.80 Å². The number of amides is 1. The predicted molar refractivity (Wildman–Crippen MR) is 112 cm³/mol. The predicted octanol–water partition coefficient (Wildman–Crippen LogP) is 2.96. The summed E-state index contributed by atoms with van der Waals surface area (Å²) in [7, 11) is 3.12. The molecular weight excluding hydrogens is 368 g/mol. The quantitative estimate of drug-likeness (QED) is 0.703. The molecule has 0 aromatic heterocycles. The maximum atomic E-state index is 12.8. The van der Waals surface area contributed by atoms with Gasteiger partial charge in [-0.25, -0.2) is 0 Å². The Morgan fingerprint density at radius 2 is 1.59 bits per heavy atom. The van der Waals surface area contributed by atoms with E-state index in [-0.39, 0.29) is 11.7 Å². The first-order chi connectivity index (χ1) is 13.9. The van der Waals surface area contributed by atoms with E-state index in [1.54, 1.807) is 32.4 Å². The molecule has 154 valence electrons. The summed E-state index contributed by atoms with van der Waals surface area (Å²) in [4.78, 5) is 29.4. The van der Waals surface area contributed by atoms with E-state index < -0.39 is 0 Å². The Kier molecular flexibility index (Phi) is 6.54. The van der Waals surface area contributed by atoms with Crippen molar-refractivity contribution in [2.75, 3.05) is 46.9 Å². The van der Waals surface area contributed by atoms with Gasteiger partial charge in [0.05, 0.1) is 20.8 Å². The average molecular weight is 396 g/mol. The number of rotatable bonds is 6. The van der Waals surface area contributed by atoms with E-state index in [0.717, 1.165) is 16.7 Å². The Morgan fingerprint density at radius 3 is 2.21 bits per heavy atom. The van der Waals surface area contributed by atoms with E-state index in [1.807, 2.05) is 36.9 Å². The second-order valence-corrected chi connectivity index (χ2v) is 7.38. The minimum Gasteiger partial charge on any atom is -0.493 e. The molecule has 0 spiro atoms. The Bertz CT molecular complexity index is 902. The summed E-state index contributed by atoms with van der Waals surface area (Å²) in [5.41, 5.74) is 3.51. The van der Waals surface area contributed by atoms with Gasteiger partial charge in [0.15, 0.2) is 17.3 Å². The van der Waals surface area contributed by atoms with Crippen LogP contribution >= 0.6 is 0 Å². The van der Waals surface area contributed by atoms with Gasteiger partial charge in [-0.15, -0.1) is 0 Å². The zero-order chi connectivity index (χ0) is 21.0. The Hall–Kier alpha value is -2.86. The fraction of sp³-hybridized carbons (Fsp3) is 0.391. The van der Waals surface area contributed by atoms with Crippen LogP contribution < -0.4 is 9.47 Å². The maximum Gasteiger partial charge on any atom is 0.254 e. The smallest absolute Gasteiger partial charge is 0.254 e. The molecule has 1 heterocycles. The molecule has 29 heavy (non-hydrogen) atoms. The topological polar surface area (TPSA) is 59.1 Å². The second kappa shape index (κ2) is 9.09. The van der Waals surface area contributed by atoms with Crippen molar-refractivity contribution in [3.05, 3.63) is 58.7 Å². The SMILES string of the molecule is COc1ccc(C(=O)N2CCN(CC(=O)c3ccc(C)cc3C)CC2)cc1OC. The molecule has 3 rings (SSSR count). The molecule has 1 saturated heterocycles. The summed E-state index contributed by atoms with van der Waals surface area (Å²) >= 11 is 0. The van der Waals surface area contributed by atoms with Crippen LogP contribution in [0.5, 0.6) is 11.5 Å². The van der Waals surface area contributed by atoms with E-state index in [9.17, 15) is 9.59 Å². The number of methoxy groups -OCH3 is 2. The molecule has 0 saturated carbocycles. The lowest BCUT2D eigenvalue weighted by molar-refractivity contribution is 0.0624. The van der Waals surface area contributed by atoms with Gasteiger partial charge in [-0.1, -0.05) is 23.8 Å². The molecule has 0 radical (unpaired) electrons. The molecule has 0 bridgehead atoms. The van der Waals surface area contributed by atoms with Gasteiger partial charge >= 0.3 is 0 Å². The van der Waals surface area contributed by atoms with Gasteiger partial charge in [0, 0.05) is 37.3 Å². The van der Waals surface area contributed by atoms with Gasteiger partial charge in [0.25, 0.3) is 5.91 Å². The van der Waals surface area contributed by atoms with Gasteiger partial charge in [-0.3, -0.25) is 14.5 Å². The van der Waals surface area contributed by atoms with Crippen molar-refractivity contribution in [1.29, 1.82) is 0 Å². The highest BCUT2D eigenvalue weighted by atomic mass is 16.5. The van der Waals surface area contributed by atoms with Gasteiger partial charge in [0.2, 0.25) is 0 Å². The molecule has 0 aliphatic carbocycles. The molecule has 2 aromatic carbocycles. The molecule has 6 heteroatoms. The first-order valence-corrected chi connectivity index (χ1v) is 9.77. The molecule has 1 aliphatic heterocycles. The third-order valence-corrected chi connectivity index (χ3v) is 5.34. The Labute approximate surface area is 172 Å². The summed E-state index contributed by atoms with van der Waals surface area (Å²) in [6.45, 7) is 6.91. The van der Waals surface area contributed by atoms with E-state index >= 15 is 0 Å². The van der Waals surface area contributed by atoms with Gasteiger partial charge in [-0.2, -0.15) is 0 Å². The lowest BCUT2D eigenvalue weighted by Gasteiger charge is -2.34. The molecule has 0 N–H and O–H groups in total. The summed E-state index contributed by atoms with van der Waals surface area (Å²) in [5, 5.41) is 0. The van der Waals surface area contributed by atoms with Crippen molar-refractivity contribution >= 4 is 11.7 Å². The molecule has 2 aromatic rings. The van der Waals surface area contributed by atoms with Crippen LogP contribution in [0.2, 0.25) is 0 Å². The van der Waals surface area contributed by atoms with Gasteiger partial charge in [0.1, 0.15) is 0 Å². The zero-order valence-electron chi connectivity index (χ0n) is 17.5. The number of hydrogen-bond acceptors (Lipinski definition) is 5. The van der Waals surface area contributed by atoms with Crippen LogP contribution in [0.3, 0.4) is 0 Å². The van der Waals surface area contributed by atoms with Crippen molar-refractivity contribution in [2.24, 2.45) is 0 Å². The number of ether oxygens (including phenoxy) is 2. The normalized spacial score (nSPS) is 14.6. The monoisotopic (exact) mass is 396 g/mol. The number of carbonyl (C=O) groups is 2. The zero-order valence-corrected chi connectivity index (χ0v) is 17.5. The standard InChI is InChI=1S/C23H28N2O4/c1-16-5-7-19(17(2)13-16)20(26)15-24-9-11-25(12-10-24)23(27)18-6-8-21(28-3)22(14-18)29-4/h5-8,13-14H,9-12,15H2,1-4H3. The molecule has 6 nitrogen and oxygen atoms in total. The number of aryl methyl sites for hydroxylation is 2. The Balaban J connectivity index is 1.58. The highest BCUT2D eigenvalue weighted by Crippen LogP contribution is 2.28. The number of ketones is 1.